The fourth-order valence-corrected chi connectivity index (χ4v) is 3.27. The number of aryl methyl sites for hydroxylation is 1. The van der Waals surface area contributed by atoms with E-state index in [1.54, 1.807) is 0 Å². The first-order valence-corrected chi connectivity index (χ1v) is 9.13. The first-order valence-electron chi connectivity index (χ1n) is 9.13. The summed E-state index contributed by atoms with van der Waals surface area (Å²) in [5, 5.41) is 5.14. The molecule has 6 nitrogen and oxygen atoms in total. The van der Waals surface area contributed by atoms with Crippen LogP contribution in [0.1, 0.15) is 23.6 Å². The molecule has 0 saturated carbocycles. The van der Waals surface area contributed by atoms with E-state index in [1.807, 2.05) is 31.2 Å². The zero-order valence-corrected chi connectivity index (χ0v) is 16.1. The number of amides is 4. The van der Waals surface area contributed by atoms with Crippen molar-refractivity contribution in [3.05, 3.63) is 70.8 Å². The van der Waals surface area contributed by atoms with Crippen LogP contribution < -0.4 is 10.6 Å². The molecule has 0 aliphatic carbocycles. The minimum Gasteiger partial charge on any atom is -0.354 e. The Hall–Kier alpha value is -3.29. The highest BCUT2D eigenvalue weighted by Gasteiger charge is 2.49. The lowest BCUT2D eigenvalue weighted by Crippen LogP contribution is -2.43. The van der Waals surface area contributed by atoms with Gasteiger partial charge in [-0.1, -0.05) is 30.3 Å². The van der Waals surface area contributed by atoms with Crippen LogP contribution in [0.4, 0.5) is 13.6 Å². The molecular formula is C21H21F2N3O3. The van der Waals surface area contributed by atoms with Crippen LogP contribution in [-0.2, 0) is 21.5 Å². The van der Waals surface area contributed by atoms with Crippen molar-refractivity contribution in [1.82, 2.24) is 15.5 Å². The number of hydrogen-bond donors (Lipinski definition) is 2. The fourth-order valence-electron chi connectivity index (χ4n) is 3.27. The molecule has 4 amide bonds. The SMILES string of the molecule is Cc1ccccc1CCNC(=O)CN1C(=O)NC(C)(c2ccc(F)c(F)c2)C1=O. The Morgan fingerprint density at radius 2 is 1.86 bits per heavy atom. The lowest BCUT2D eigenvalue weighted by molar-refractivity contribution is -0.134. The summed E-state index contributed by atoms with van der Waals surface area (Å²) in [5.41, 5.74) is 0.719. The first kappa shape index (κ1) is 20.4. The molecule has 3 rings (SSSR count). The molecule has 1 aliphatic rings. The highest BCUT2D eigenvalue weighted by atomic mass is 19.2. The number of halogens is 2. The second kappa shape index (κ2) is 7.98. The van der Waals surface area contributed by atoms with Crippen LogP contribution in [0.3, 0.4) is 0 Å². The zero-order valence-electron chi connectivity index (χ0n) is 16.1. The molecule has 0 radical (unpaired) electrons. The normalized spacial score (nSPS) is 18.7. The third-order valence-corrected chi connectivity index (χ3v) is 5.05. The van der Waals surface area contributed by atoms with Crippen LogP contribution >= 0.6 is 0 Å². The van der Waals surface area contributed by atoms with E-state index in [0.717, 1.165) is 28.2 Å². The van der Waals surface area contributed by atoms with Crippen molar-refractivity contribution < 1.29 is 23.2 Å². The van der Waals surface area contributed by atoms with Crippen LogP contribution in [0.2, 0.25) is 0 Å². The maximum Gasteiger partial charge on any atom is 0.325 e. The molecule has 2 aromatic rings. The molecule has 0 bridgehead atoms. The van der Waals surface area contributed by atoms with Gasteiger partial charge in [-0.25, -0.2) is 13.6 Å². The van der Waals surface area contributed by atoms with Gasteiger partial charge >= 0.3 is 6.03 Å². The molecule has 8 heteroatoms. The van der Waals surface area contributed by atoms with E-state index in [-0.39, 0.29) is 5.56 Å². The van der Waals surface area contributed by atoms with Gasteiger partial charge in [0.1, 0.15) is 12.1 Å². The highest BCUT2D eigenvalue weighted by Crippen LogP contribution is 2.29. The number of carbonyl (C=O) groups excluding carboxylic acids is 3. The van der Waals surface area contributed by atoms with Crippen LogP contribution in [0.5, 0.6) is 0 Å². The largest absolute Gasteiger partial charge is 0.354 e. The molecule has 0 spiro atoms. The quantitative estimate of drug-likeness (QED) is 0.730. The molecular weight excluding hydrogens is 380 g/mol. The van der Waals surface area contributed by atoms with Crippen molar-refractivity contribution in [2.75, 3.05) is 13.1 Å². The van der Waals surface area contributed by atoms with E-state index in [0.29, 0.717) is 13.0 Å². The average molecular weight is 401 g/mol. The van der Waals surface area contributed by atoms with Crippen molar-refractivity contribution in [1.29, 1.82) is 0 Å². The van der Waals surface area contributed by atoms with Gasteiger partial charge in [0.25, 0.3) is 5.91 Å². The number of imide groups is 1. The summed E-state index contributed by atoms with van der Waals surface area (Å²) in [7, 11) is 0. The van der Waals surface area contributed by atoms with Crippen molar-refractivity contribution >= 4 is 17.8 Å². The Morgan fingerprint density at radius 1 is 1.14 bits per heavy atom. The third kappa shape index (κ3) is 4.11. The minimum absolute atomic E-state index is 0.0946. The molecule has 152 valence electrons. The smallest absolute Gasteiger partial charge is 0.325 e. The maximum atomic E-state index is 13.6. The van der Waals surface area contributed by atoms with Crippen LogP contribution in [0.15, 0.2) is 42.5 Å². The number of nitrogens with one attached hydrogen (secondary N) is 2. The van der Waals surface area contributed by atoms with E-state index in [1.165, 1.54) is 13.0 Å². The number of urea groups is 1. The predicted molar refractivity (Wildman–Crippen MR) is 102 cm³/mol. The Balaban J connectivity index is 1.63. The number of nitrogens with zero attached hydrogens (tertiary/aromatic N) is 1. The number of rotatable bonds is 6. The van der Waals surface area contributed by atoms with Crippen molar-refractivity contribution in [2.45, 2.75) is 25.8 Å². The Kier molecular flexibility index (Phi) is 5.63. The summed E-state index contributed by atoms with van der Waals surface area (Å²) in [5.74, 6) is -3.38. The van der Waals surface area contributed by atoms with Gasteiger partial charge in [-0.3, -0.25) is 14.5 Å². The van der Waals surface area contributed by atoms with Crippen molar-refractivity contribution in [3.8, 4) is 0 Å². The van der Waals surface area contributed by atoms with E-state index < -0.39 is 41.6 Å². The molecule has 1 unspecified atom stereocenters. The van der Waals surface area contributed by atoms with Gasteiger partial charge in [0.05, 0.1) is 0 Å². The van der Waals surface area contributed by atoms with Crippen LogP contribution in [0.25, 0.3) is 0 Å². The van der Waals surface area contributed by atoms with Gasteiger partial charge in [-0.05, 0) is 49.1 Å². The lowest BCUT2D eigenvalue weighted by atomic mass is 9.92. The zero-order chi connectivity index (χ0) is 21.2. The second-order valence-electron chi connectivity index (χ2n) is 7.10. The van der Waals surface area contributed by atoms with E-state index in [2.05, 4.69) is 10.6 Å². The number of benzene rings is 2. The molecule has 1 saturated heterocycles. The molecule has 29 heavy (non-hydrogen) atoms. The van der Waals surface area contributed by atoms with Gasteiger partial charge in [0.15, 0.2) is 11.6 Å². The van der Waals surface area contributed by atoms with E-state index in [9.17, 15) is 23.2 Å². The average Bonchev–Trinajstić information content (AvgIpc) is 2.89. The summed E-state index contributed by atoms with van der Waals surface area (Å²) >= 11 is 0. The molecule has 2 N–H and O–H groups in total. The summed E-state index contributed by atoms with van der Waals surface area (Å²) in [6.07, 6.45) is 0.616. The Labute approximate surface area is 166 Å². The Morgan fingerprint density at radius 3 is 2.55 bits per heavy atom. The summed E-state index contributed by atoms with van der Waals surface area (Å²) in [6.45, 7) is 3.25. The van der Waals surface area contributed by atoms with Gasteiger partial charge in [0, 0.05) is 6.54 Å². The fraction of sp³-hybridized carbons (Fsp3) is 0.286. The predicted octanol–water partition coefficient (Wildman–Crippen LogP) is 2.40. The van der Waals surface area contributed by atoms with Crippen molar-refractivity contribution in [2.24, 2.45) is 0 Å². The minimum atomic E-state index is -1.58. The molecule has 1 fully saturated rings. The Bertz CT molecular complexity index is 979. The number of carbonyl (C=O) groups is 3. The second-order valence-corrected chi connectivity index (χ2v) is 7.10. The maximum absolute atomic E-state index is 13.6. The molecule has 1 aliphatic heterocycles. The van der Waals surface area contributed by atoms with Crippen LogP contribution in [-0.4, -0.2) is 35.8 Å². The topological polar surface area (TPSA) is 78.5 Å². The van der Waals surface area contributed by atoms with E-state index in [4.69, 9.17) is 0 Å². The lowest BCUT2D eigenvalue weighted by Gasteiger charge is -2.22. The van der Waals surface area contributed by atoms with Crippen LogP contribution in [0, 0.1) is 18.6 Å². The third-order valence-electron chi connectivity index (χ3n) is 5.05. The standard InChI is InChI=1S/C21H21F2N3O3/c1-13-5-3-4-6-14(13)9-10-24-18(27)12-26-19(28)21(2,25-20(26)29)15-7-8-16(22)17(23)11-15/h3-8,11H,9-10,12H2,1-2H3,(H,24,27)(H,25,29). The van der Waals surface area contributed by atoms with Gasteiger partial charge in [-0.15, -0.1) is 0 Å². The summed E-state index contributed by atoms with van der Waals surface area (Å²) < 4.78 is 26.8. The summed E-state index contributed by atoms with van der Waals surface area (Å²) in [6, 6.07) is 9.99. The molecule has 1 atom stereocenters. The van der Waals surface area contributed by atoms with E-state index >= 15 is 0 Å². The molecule has 1 heterocycles. The molecule has 2 aromatic carbocycles. The van der Waals surface area contributed by atoms with Crippen molar-refractivity contribution in [3.63, 3.8) is 0 Å². The molecule has 0 aromatic heterocycles. The highest BCUT2D eigenvalue weighted by molar-refractivity contribution is 6.09. The van der Waals surface area contributed by atoms with Gasteiger partial charge in [0.2, 0.25) is 5.91 Å². The first-order chi connectivity index (χ1) is 13.7. The van der Waals surface area contributed by atoms with Gasteiger partial charge in [-0.2, -0.15) is 0 Å². The van der Waals surface area contributed by atoms with Gasteiger partial charge < -0.3 is 10.6 Å². The monoisotopic (exact) mass is 401 g/mol. The summed E-state index contributed by atoms with van der Waals surface area (Å²) in [4.78, 5) is 38.0. The number of hydrogen-bond acceptors (Lipinski definition) is 3.